The summed E-state index contributed by atoms with van der Waals surface area (Å²) in [5.41, 5.74) is 16.4. The third-order valence-electron chi connectivity index (χ3n) is 3.51. The minimum absolute atomic E-state index is 0.680. The van der Waals surface area contributed by atoms with Crippen molar-refractivity contribution in [2.75, 3.05) is 13.1 Å². The summed E-state index contributed by atoms with van der Waals surface area (Å²) < 4.78 is 0. The average molecular weight is 416 g/mol. The van der Waals surface area contributed by atoms with Gasteiger partial charge in [0.25, 0.3) is 0 Å². The average Bonchev–Trinajstić information content (AvgIpc) is 2.65. The van der Waals surface area contributed by atoms with Crippen LogP contribution < -0.4 is 10.6 Å². The molecule has 0 bridgehead atoms. The molecule has 0 unspecified atom stereocenters. The number of carboxylic acid groups (broad SMARTS) is 1. The summed E-state index contributed by atoms with van der Waals surface area (Å²) >= 11 is 0. The first-order valence-corrected chi connectivity index (χ1v) is 7.95. The lowest BCUT2D eigenvalue weighted by atomic mass is 9.92. The summed E-state index contributed by atoms with van der Waals surface area (Å²) in [5, 5.41) is 49.3. The van der Waals surface area contributed by atoms with Gasteiger partial charge in [-0.1, -0.05) is 10.2 Å². The molecule has 0 spiro atoms. The molecule has 0 saturated carbocycles. The van der Waals surface area contributed by atoms with Crippen molar-refractivity contribution in [3.8, 4) is 0 Å². The van der Waals surface area contributed by atoms with Crippen LogP contribution in [0, 0.1) is 0 Å². The van der Waals surface area contributed by atoms with E-state index < -0.39 is 73.5 Å². The molecular formula is C13H20N8O8. The van der Waals surface area contributed by atoms with Crippen LogP contribution in [-0.4, -0.2) is 87.5 Å². The molecule has 16 nitrogen and oxygen atoms in total. The Morgan fingerprint density at radius 1 is 0.931 bits per heavy atom. The number of ketones is 1. The molecule has 5 atom stereocenters. The molecule has 29 heavy (non-hydrogen) atoms. The predicted molar refractivity (Wildman–Crippen MR) is 92.8 cm³/mol. The zero-order valence-corrected chi connectivity index (χ0v) is 15.1. The van der Waals surface area contributed by atoms with Crippen LogP contribution in [0.25, 0.3) is 20.9 Å². The predicted octanol–water partition coefficient (Wildman–Crippen LogP) is -2.28. The van der Waals surface area contributed by atoms with Gasteiger partial charge in [0.1, 0.15) is 13.1 Å². The maximum atomic E-state index is 11.8. The number of rotatable bonds is 13. The summed E-state index contributed by atoms with van der Waals surface area (Å²) in [7, 11) is 0. The first-order valence-electron chi connectivity index (χ1n) is 7.95. The Balaban J connectivity index is 5.64. The van der Waals surface area contributed by atoms with E-state index in [2.05, 4.69) is 30.7 Å². The van der Waals surface area contributed by atoms with Gasteiger partial charge < -0.3 is 31.1 Å². The van der Waals surface area contributed by atoms with Gasteiger partial charge in [0.15, 0.2) is 0 Å². The molecule has 0 aromatic heterocycles. The number of aliphatic hydroxyl groups is 3. The fourth-order valence-corrected chi connectivity index (χ4v) is 2.18. The maximum Gasteiger partial charge on any atom is 0.372 e. The molecule has 2 amide bonds. The molecule has 0 aromatic carbocycles. The van der Waals surface area contributed by atoms with E-state index in [1.807, 2.05) is 0 Å². The number of carbonyl (C=O) groups excluding carboxylic acids is 3. The number of hydrogen-bond acceptors (Lipinski definition) is 9. The molecule has 0 rings (SSSR count). The molecule has 6 N–H and O–H groups in total. The Morgan fingerprint density at radius 2 is 1.38 bits per heavy atom. The zero-order valence-electron chi connectivity index (χ0n) is 15.1. The van der Waals surface area contributed by atoms with Crippen molar-refractivity contribution in [3.63, 3.8) is 0 Å². The number of carboxylic acids is 1. The molecule has 0 heterocycles. The van der Waals surface area contributed by atoms with Crippen LogP contribution in [0.2, 0.25) is 0 Å². The maximum absolute atomic E-state index is 11.8. The topological polar surface area (TPSA) is 271 Å². The SMILES string of the molecule is C[C@@H](O)[C@@H](NC(=O)CN=[N+]=[N-])[C@H](O)[C@H](NC(=O)CN=[N+]=[N-])[C@H](O)CC(=O)C(=O)O. The lowest BCUT2D eigenvalue weighted by Gasteiger charge is -2.34. The van der Waals surface area contributed by atoms with E-state index in [9.17, 15) is 34.5 Å². The van der Waals surface area contributed by atoms with Crippen LogP contribution in [0.4, 0.5) is 0 Å². The first kappa shape index (κ1) is 25.6. The van der Waals surface area contributed by atoms with Crippen LogP contribution in [0.15, 0.2) is 10.2 Å². The van der Waals surface area contributed by atoms with Gasteiger partial charge >= 0.3 is 5.97 Å². The third-order valence-corrected chi connectivity index (χ3v) is 3.51. The summed E-state index contributed by atoms with van der Waals surface area (Å²) in [6.07, 6.45) is -6.35. The molecule has 160 valence electrons. The van der Waals surface area contributed by atoms with Crippen molar-refractivity contribution in [3.05, 3.63) is 20.9 Å². The second kappa shape index (κ2) is 12.9. The van der Waals surface area contributed by atoms with Gasteiger partial charge in [-0.2, -0.15) is 0 Å². The zero-order chi connectivity index (χ0) is 22.6. The van der Waals surface area contributed by atoms with E-state index in [0.29, 0.717) is 0 Å². The van der Waals surface area contributed by atoms with Crippen LogP contribution in [-0.2, 0) is 19.2 Å². The number of amides is 2. The summed E-state index contributed by atoms with van der Waals surface area (Å²) in [6, 6.07) is -3.28. The van der Waals surface area contributed by atoms with Crippen molar-refractivity contribution in [1.29, 1.82) is 0 Å². The molecule has 0 aliphatic carbocycles. The minimum Gasteiger partial charge on any atom is -0.475 e. The molecule has 16 heteroatoms. The van der Waals surface area contributed by atoms with Crippen LogP contribution in [0.5, 0.6) is 0 Å². The number of carbonyl (C=O) groups is 4. The largest absolute Gasteiger partial charge is 0.475 e. The highest BCUT2D eigenvalue weighted by Crippen LogP contribution is 2.12. The van der Waals surface area contributed by atoms with E-state index in [4.69, 9.17) is 16.2 Å². The van der Waals surface area contributed by atoms with Crippen molar-refractivity contribution in [2.45, 2.75) is 43.7 Å². The van der Waals surface area contributed by atoms with Gasteiger partial charge in [-0.15, -0.1) is 0 Å². The highest BCUT2D eigenvalue weighted by molar-refractivity contribution is 6.32. The van der Waals surface area contributed by atoms with Crippen molar-refractivity contribution in [1.82, 2.24) is 10.6 Å². The molecule has 0 radical (unpaired) electrons. The second-order valence-corrected chi connectivity index (χ2v) is 5.70. The highest BCUT2D eigenvalue weighted by Gasteiger charge is 2.38. The number of azide groups is 2. The molecule has 0 fully saturated rings. The van der Waals surface area contributed by atoms with E-state index in [-0.39, 0.29) is 0 Å². The van der Waals surface area contributed by atoms with Gasteiger partial charge in [-0.3, -0.25) is 14.4 Å². The van der Waals surface area contributed by atoms with Gasteiger partial charge in [-0.05, 0) is 18.0 Å². The number of hydrogen-bond donors (Lipinski definition) is 6. The van der Waals surface area contributed by atoms with Crippen LogP contribution in [0.3, 0.4) is 0 Å². The van der Waals surface area contributed by atoms with Crippen molar-refractivity contribution >= 4 is 23.6 Å². The van der Waals surface area contributed by atoms with Crippen molar-refractivity contribution < 1.29 is 39.6 Å². The van der Waals surface area contributed by atoms with Crippen LogP contribution >= 0.6 is 0 Å². The standard InChI is InChI=1S/C13H20N8O8/c1-5(22)10(18-8(25)3-16-20-14)12(27)11(19-9(26)4-17-21-15)6(23)2-7(24)13(28)29/h5-6,10-12,22-23,27H,2-4H2,1H3,(H,18,25)(H,19,26)(H,28,29)/t5-,6-,10-,11-,12+/m1/s1. The first-order chi connectivity index (χ1) is 13.5. The monoisotopic (exact) mass is 416 g/mol. The van der Waals surface area contributed by atoms with Gasteiger partial charge in [0, 0.05) is 16.2 Å². The van der Waals surface area contributed by atoms with E-state index in [0.717, 1.165) is 6.92 Å². The Hall–Kier alpha value is -3.42. The molecule has 0 aliphatic heterocycles. The fraction of sp³-hybridized carbons (Fsp3) is 0.692. The van der Waals surface area contributed by atoms with Crippen molar-refractivity contribution in [2.24, 2.45) is 10.2 Å². The smallest absolute Gasteiger partial charge is 0.372 e. The molecular weight excluding hydrogens is 396 g/mol. The summed E-state index contributed by atoms with van der Waals surface area (Å²) in [4.78, 5) is 50.2. The van der Waals surface area contributed by atoms with Gasteiger partial charge in [0.05, 0.1) is 30.4 Å². The van der Waals surface area contributed by atoms with Crippen LogP contribution in [0.1, 0.15) is 13.3 Å². The lowest BCUT2D eigenvalue weighted by molar-refractivity contribution is -0.150. The fourth-order valence-electron chi connectivity index (χ4n) is 2.18. The third kappa shape index (κ3) is 9.37. The van der Waals surface area contributed by atoms with E-state index in [1.54, 1.807) is 0 Å². The summed E-state index contributed by atoms with van der Waals surface area (Å²) in [5.74, 6) is -5.21. The normalized spacial score (nSPS) is 15.3. The highest BCUT2D eigenvalue weighted by atomic mass is 16.4. The second-order valence-electron chi connectivity index (χ2n) is 5.70. The molecule has 0 aliphatic rings. The Kier molecular flexibility index (Phi) is 11.4. The Labute approximate surface area is 162 Å². The lowest BCUT2D eigenvalue weighted by Crippen LogP contribution is -2.62. The number of nitrogens with one attached hydrogen (secondary N) is 2. The quantitative estimate of drug-likeness (QED) is 0.0821. The molecule has 0 aromatic rings. The number of Topliss-reactive ketones (excluding diaryl/α,β-unsaturated/α-hetero) is 1. The minimum atomic E-state index is -1.95. The summed E-state index contributed by atoms with van der Waals surface area (Å²) in [6.45, 7) is -0.280. The van der Waals surface area contributed by atoms with E-state index >= 15 is 0 Å². The Morgan fingerprint density at radius 3 is 1.76 bits per heavy atom. The number of aliphatic carboxylic acids is 1. The van der Waals surface area contributed by atoms with Gasteiger partial charge in [0.2, 0.25) is 17.6 Å². The van der Waals surface area contributed by atoms with E-state index in [1.165, 1.54) is 0 Å². The number of aliphatic hydroxyl groups excluding tert-OH is 3. The Bertz CT molecular complexity index is 716. The number of nitrogens with zero attached hydrogens (tertiary/aromatic N) is 6. The molecule has 0 saturated heterocycles. The van der Waals surface area contributed by atoms with Gasteiger partial charge in [-0.25, -0.2) is 4.79 Å².